The highest BCUT2D eigenvalue weighted by molar-refractivity contribution is 14.0. The van der Waals surface area contributed by atoms with Crippen LogP contribution < -0.4 is 5.32 Å². The quantitative estimate of drug-likeness (QED) is 0.368. The Hall–Kier alpha value is -1.58. The smallest absolute Gasteiger partial charge is 0.193 e. The first-order valence-electron chi connectivity index (χ1n) is 9.99. The van der Waals surface area contributed by atoms with Gasteiger partial charge in [0.05, 0.1) is 25.8 Å². The van der Waals surface area contributed by atoms with Crippen LogP contribution in [0.3, 0.4) is 0 Å². The maximum Gasteiger partial charge on any atom is 0.193 e. The van der Waals surface area contributed by atoms with Crippen LogP contribution in [0, 0.1) is 6.92 Å². The molecular formula is C22H34IN5O. The zero-order valence-corrected chi connectivity index (χ0v) is 20.3. The molecule has 0 amide bonds. The summed E-state index contributed by atoms with van der Waals surface area (Å²) in [4.78, 5) is 9.18. The van der Waals surface area contributed by atoms with Gasteiger partial charge in [0.25, 0.3) is 0 Å². The summed E-state index contributed by atoms with van der Waals surface area (Å²) in [5, 5.41) is 3.60. The van der Waals surface area contributed by atoms with Crippen molar-refractivity contribution in [2.75, 3.05) is 46.9 Å². The summed E-state index contributed by atoms with van der Waals surface area (Å²) in [5.41, 5.74) is 3.89. The summed E-state index contributed by atoms with van der Waals surface area (Å²) in [6, 6.07) is 13.3. The molecule has 160 valence electrons. The van der Waals surface area contributed by atoms with E-state index in [-0.39, 0.29) is 24.0 Å². The van der Waals surface area contributed by atoms with Crippen LogP contribution in [0.1, 0.15) is 22.9 Å². The first kappa shape index (κ1) is 23.7. The number of halogens is 1. The van der Waals surface area contributed by atoms with E-state index in [4.69, 9.17) is 4.74 Å². The number of aromatic nitrogens is 1. The molecule has 2 aromatic rings. The van der Waals surface area contributed by atoms with Crippen molar-refractivity contribution >= 4 is 29.9 Å². The second kappa shape index (κ2) is 11.6. The average Bonchev–Trinajstić information content (AvgIpc) is 3.10. The minimum atomic E-state index is 0. The van der Waals surface area contributed by atoms with E-state index in [9.17, 15) is 0 Å². The van der Waals surface area contributed by atoms with Gasteiger partial charge >= 0.3 is 0 Å². The van der Waals surface area contributed by atoms with Gasteiger partial charge in [-0.15, -0.1) is 24.0 Å². The van der Waals surface area contributed by atoms with Gasteiger partial charge in [0, 0.05) is 52.7 Å². The standard InChI is InChI=1S/C22H33N5O.HI/c1-18-7-5-8-19(15-18)21(27-11-13-28-14-12-27)16-24-22(23-2)26(4)17-20-9-6-10-25(20)3;/h5-10,15,21H,11-14,16-17H2,1-4H3,(H,23,24);1H. The number of guanidine groups is 1. The molecular weight excluding hydrogens is 477 g/mol. The van der Waals surface area contributed by atoms with Crippen LogP contribution in [0.25, 0.3) is 0 Å². The molecule has 3 rings (SSSR count). The molecule has 1 atom stereocenters. The van der Waals surface area contributed by atoms with Crippen molar-refractivity contribution in [2.45, 2.75) is 19.5 Å². The lowest BCUT2D eigenvalue weighted by Gasteiger charge is -2.36. The van der Waals surface area contributed by atoms with Gasteiger partial charge in [-0.2, -0.15) is 0 Å². The monoisotopic (exact) mass is 511 g/mol. The third-order valence-corrected chi connectivity index (χ3v) is 5.39. The lowest BCUT2D eigenvalue weighted by molar-refractivity contribution is 0.0169. The minimum Gasteiger partial charge on any atom is -0.379 e. The molecule has 0 saturated carbocycles. The predicted octanol–water partition coefficient (Wildman–Crippen LogP) is 3.03. The molecule has 0 bridgehead atoms. The normalized spacial score (nSPS) is 16.2. The largest absolute Gasteiger partial charge is 0.379 e. The summed E-state index contributed by atoms with van der Waals surface area (Å²) in [5.74, 6) is 0.909. The van der Waals surface area contributed by atoms with Crippen molar-refractivity contribution in [1.82, 2.24) is 19.7 Å². The number of ether oxygens (including phenoxy) is 1. The van der Waals surface area contributed by atoms with Crippen LogP contribution in [-0.4, -0.2) is 67.3 Å². The maximum atomic E-state index is 5.57. The molecule has 0 radical (unpaired) electrons. The Kier molecular flexibility index (Phi) is 9.45. The number of hydrogen-bond donors (Lipinski definition) is 1. The van der Waals surface area contributed by atoms with Crippen LogP contribution in [0.5, 0.6) is 0 Å². The molecule has 0 aliphatic carbocycles. The zero-order valence-electron chi connectivity index (χ0n) is 18.0. The molecule has 2 heterocycles. The first-order chi connectivity index (χ1) is 13.6. The fraction of sp³-hybridized carbons (Fsp3) is 0.500. The van der Waals surface area contributed by atoms with E-state index in [1.165, 1.54) is 16.8 Å². The Morgan fingerprint density at radius 3 is 2.62 bits per heavy atom. The van der Waals surface area contributed by atoms with Crippen molar-refractivity contribution in [3.8, 4) is 0 Å². The van der Waals surface area contributed by atoms with E-state index in [0.29, 0.717) is 6.04 Å². The summed E-state index contributed by atoms with van der Waals surface area (Å²) >= 11 is 0. The number of aryl methyl sites for hydroxylation is 2. The van der Waals surface area contributed by atoms with Crippen LogP contribution in [-0.2, 0) is 18.3 Å². The predicted molar refractivity (Wildman–Crippen MR) is 130 cm³/mol. The number of nitrogens with one attached hydrogen (secondary N) is 1. The van der Waals surface area contributed by atoms with E-state index in [2.05, 4.69) is 88.3 Å². The van der Waals surface area contributed by atoms with Crippen molar-refractivity contribution in [1.29, 1.82) is 0 Å². The number of rotatable bonds is 6. The Labute approximate surface area is 192 Å². The van der Waals surface area contributed by atoms with Gasteiger partial charge in [-0.3, -0.25) is 9.89 Å². The zero-order chi connectivity index (χ0) is 19.9. The number of aliphatic imine (C=N–C) groups is 1. The molecule has 1 N–H and O–H groups in total. The lowest BCUT2D eigenvalue weighted by Crippen LogP contribution is -2.46. The summed E-state index contributed by atoms with van der Waals surface area (Å²) in [7, 11) is 6.00. The Morgan fingerprint density at radius 1 is 1.24 bits per heavy atom. The highest BCUT2D eigenvalue weighted by Crippen LogP contribution is 2.22. The average molecular weight is 511 g/mol. The fourth-order valence-electron chi connectivity index (χ4n) is 3.78. The van der Waals surface area contributed by atoms with E-state index in [1.54, 1.807) is 0 Å². The Bertz CT molecular complexity index is 785. The summed E-state index contributed by atoms with van der Waals surface area (Å²) in [6.45, 7) is 7.29. The summed E-state index contributed by atoms with van der Waals surface area (Å²) in [6.07, 6.45) is 2.07. The van der Waals surface area contributed by atoms with Crippen molar-refractivity contribution in [2.24, 2.45) is 12.0 Å². The van der Waals surface area contributed by atoms with Crippen molar-refractivity contribution in [3.05, 3.63) is 59.4 Å². The van der Waals surface area contributed by atoms with Crippen LogP contribution in [0.2, 0.25) is 0 Å². The lowest BCUT2D eigenvalue weighted by atomic mass is 10.0. The molecule has 7 heteroatoms. The fourth-order valence-corrected chi connectivity index (χ4v) is 3.78. The minimum absolute atomic E-state index is 0. The highest BCUT2D eigenvalue weighted by Gasteiger charge is 2.23. The topological polar surface area (TPSA) is 45.0 Å². The molecule has 1 aromatic carbocycles. The Morgan fingerprint density at radius 2 is 2.00 bits per heavy atom. The number of morpholine rings is 1. The third kappa shape index (κ3) is 6.45. The molecule has 6 nitrogen and oxygen atoms in total. The molecule has 1 aliphatic rings. The first-order valence-corrected chi connectivity index (χ1v) is 9.99. The maximum absolute atomic E-state index is 5.57. The van der Waals surface area contributed by atoms with Crippen LogP contribution in [0.15, 0.2) is 47.6 Å². The van der Waals surface area contributed by atoms with E-state index in [1.807, 2.05) is 7.05 Å². The second-order valence-corrected chi connectivity index (χ2v) is 7.47. The molecule has 1 aliphatic heterocycles. The van der Waals surface area contributed by atoms with Crippen LogP contribution >= 0.6 is 24.0 Å². The molecule has 1 unspecified atom stereocenters. The van der Waals surface area contributed by atoms with Gasteiger partial charge in [-0.25, -0.2) is 0 Å². The molecule has 1 fully saturated rings. The van der Waals surface area contributed by atoms with E-state index >= 15 is 0 Å². The molecule has 1 aromatic heterocycles. The summed E-state index contributed by atoms with van der Waals surface area (Å²) < 4.78 is 7.71. The SMILES string of the molecule is CN=C(NCC(c1cccc(C)c1)N1CCOCC1)N(C)Cc1cccn1C.I. The van der Waals surface area contributed by atoms with Gasteiger partial charge < -0.3 is 19.5 Å². The number of hydrogen-bond acceptors (Lipinski definition) is 3. The number of benzene rings is 1. The Balaban J connectivity index is 0.00000300. The molecule has 29 heavy (non-hydrogen) atoms. The second-order valence-electron chi connectivity index (χ2n) is 7.47. The molecule has 0 spiro atoms. The van der Waals surface area contributed by atoms with Gasteiger partial charge in [0.15, 0.2) is 5.96 Å². The van der Waals surface area contributed by atoms with Crippen LogP contribution in [0.4, 0.5) is 0 Å². The molecule has 1 saturated heterocycles. The van der Waals surface area contributed by atoms with Crippen molar-refractivity contribution < 1.29 is 4.74 Å². The number of nitrogens with zero attached hydrogens (tertiary/aromatic N) is 4. The third-order valence-electron chi connectivity index (χ3n) is 5.39. The van der Waals surface area contributed by atoms with Gasteiger partial charge in [0.1, 0.15) is 0 Å². The van der Waals surface area contributed by atoms with Gasteiger partial charge in [-0.05, 0) is 24.6 Å². The van der Waals surface area contributed by atoms with E-state index < -0.39 is 0 Å². The van der Waals surface area contributed by atoms with Crippen molar-refractivity contribution in [3.63, 3.8) is 0 Å². The highest BCUT2D eigenvalue weighted by atomic mass is 127. The van der Waals surface area contributed by atoms with E-state index in [0.717, 1.165) is 45.4 Å². The van der Waals surface area contributed by atoms with Gasteiger partial charge in [-0.1, -0.05) is 29.8 Å². The van der Waals surface area contributed by atoms with Gasteiger partial charge in [0.2, 0.25) is 0 Å².